The molecule has 2 unspecified atom stereocenters. The first-order chi connectivity index (χ1) is 7.02. The Morgan fingerprint density at radius 1 is 1.33 bits per heavy atom. The average Bonchev–Trinajstić information content (AvgIpc) is 2.22. The molecule has 0 aliphatic rings. The molecular formula is C12H25NO2. The molecule has 0 aromatic carbocycles. The lowest BCUT2D eigenvalue weighted by Gasteiger charge is -2.29. The third-order valence-electron chi connectivity index (χ3n) is 2.94. The van der Waals surface area contributed by atoms with E-state index in [2.05, 4.69) is 25.7 Å². The van der Waals surface area contributed by atoms with Crippen LogP contribution in [0.15, 0.2) is 0 Å². The van der Waals surface area contributed by atoms with Gasteiger partial charge in [0.25, 0.3) is 0 Å². The molecule has 0 rings (SSSR count). The van der Waals surface area contributed by atoms with E-state index in [1.165, 1.54) is 0 Å². The molecule has 0 aromatic heterocycles. The van der Waals surface area contributed by atoms with Crippen molar-refractivity contribution >= 4 is 5.97 Å². The van der Waals surface area contributed by atoms with E-state index in [9.17, 15) is 4.79 Å². The number of carboxylic acids is 1. The van der Waals surface area contributed by atoms with Gasteiger partial charge >= 0.3 is 5.97 Å². The summed E-state index contributed by atoms with van der Waals surface area (Å²) in [7, 11) is 0. The monoisotopic (exact) mass is 215 g/mol. The lowest BCUT2D eigenvalue weighted by Crippen LogP contribution is -2.38. The molecule has 0 saturated heterocycles. The van der Waals surface area contributed by atoms with Crippen molar-refractivity contribution in [3.05, 3.63) is 0 Å². The van der Waals surface area contributed by atoms with Crippen LogP contribution in [0.5, 0.6) is 0 Å². The van der Waals surface area contributed by atoms with Crippen LogP contribution in [-0.4, -0.2) is 35.1 Å². The first kappa shape index (κ1) is 14.4. The van der Waals surface area contributed by atoms with Crippen molar-refractivity contribution in [2.24, 2.45) is 5.92 Å². The summed E-state index contributed by atoms with van der Waals surface area (Å²) in [5, 5.41) is 8.88. The van der Waals surface area contributed by atoms with E-state index >= 15 is 0 Å². The molecule has 90 valence electrons. The minimum Gasteiger partial charge on any atom is -0.481 e. The Balaban J connectivity index is 4.16. The summed E-state index contributed by atoms with van der Waals surface area (Å²) in [6, 6.07) is 0.485. The molecular weight excluding hydrogens is 190 g/mol. The Morgan fingerprint density at radius 2 is 1.93 bits per heavy atom. The Bertz CT molecular complexity index is 182. The molecule has 2 atom stereocenters. The van der Waals surface area contributed by atoms with Crippen LogP contribution in [0, 0.1) is 5.92 Å². The zero-order chi connectivity index (χ0) is 11.8. The minimum atomic E-state index is -0.695. The summed E-state index contributed by atoms with van der Waals surface area (Å²) in [6.45, 7) is 9.95. The Labute approximate surface area is 93.5 Å². The summed E-state index contributed by atoms with van der Waals surface area (Å²) in [4.78, 5) is 13.1. The van der Waals surface area contributed by atoms with Crippen LogP contribution >= 0.6 is 0 Å². The van der Waals surface area contributed by atoms with Gasteiger partial charge in [-0.25, -0.2) is 0 Å². The maximum atomic E-state index is 10.8. The van der Waals surface area contributed by atoms with Crippen molar-refractivity contribution in [1.29, 1.82) is 0 Å². The van der Waals surface area contributed by atoms with Gasteiger partial charge in [0.15, 0.2) is 0 Å². The van der Waals surface area contributed by atoms with Crippen LogP contribution in [0.3, 0.4) is 0 Å². The highest BCUT2D eigenvalue weighted by Gasteiger charge is 2.18. The molecule has 0 bridgehead atoms. The largest absolute Gasteiger partial charge is 0.481 e. The molecule has 3 heteroatoms. The second kappa shape index (κ2) is 7.69. The number of aliphatic carboxylic acids is 1. The van der Waals surface area contributed by atoms with Gasteiger partial charge in [-0.15, -0.1) is 0 Å². The summed E-state index contributed by atoms with van der Waals surface area (Å²) in [6.07, 6.45) is 3.39. The molecule has 0 amide bonds. The maximum Gasteiger partial charge on any atom is 0.307 e. The molecule has 0 spiro atoms. The fourth-order valence-electron chi connectivity index (χ4n) is 1.54. The van der Waals surface area contributed by atoms with Crippen LogP contribution in [-0.2, 0) is 4.79 Å². The second-order valence-electron chi connectivity index (χ2n) is 4.35. The van der Waals surface area contributed by atoms with E-state index in [1.807, 2.05) is 0 Å². The van der Waals surface area contributed by atoms with E-state index in [1.54, 1.807) is 6.92 Å². The number of carboxylic acid groups (broad SMARTS) is 1. The Morgan fingerprint density at radius 3 is 2.33 bits per heavy atom. The standard InChI is InChI=1S/C12H25NO2/c1-5-7-8-13(11(4)6-2)9-10(3)12(14)15/h10-11H,5-9H2,1-4H3,(H,14,15). The molecule has 0 aliphatic carbocycles. The van der Waals surface area contributed by atoms with Gasteiger partial charge in [-0.05, 0) is 26.3 Å². The van der Waals surface area contributed by atoms with Gasteiger partial charge in [0.05, 0.1) is 5.92 Å². The third-order valence-corrected chi connectivity index (χ3v) is 2.94. The number of hydrogen-bond donors (Lipinski definition) is 1. The Kier molecular flexibility index (Phi) is 7.39. The highest BCUT2D eigenvalue weighted by Crippen LogP contribution is 2.09. The summed E-state index contributed by atoms with van der Waals surface area (Å²) in [5.74, 6) is -0.962. The molecule has 0 aliphatic heterocycles. The Hall–Kier alpha value is -0.570. The zero-order valence-electron chi connectivity index (χ0n) is 10.5. The van der Waals surface area contributed by atoms with Crippen molar-refractivity contribution in [3.8, 4) is 0 Å². The van der Waals surface area contributed by atoms with Gasteiger partial charge in [-0.1, -0.05) is 27.2 Å². The van der Waals surface area contributed by atoms with E-state index in [0.29, 0.717) is 12.6 Å². The van der Waals surface area contributed by atoms with Crippen LogP contribution in [0.1, 0.15) is 47.0 Å². The van der Waals surface area contributed by atoms with Gasteiger partial charge in [0.2, 0.25) is 0 Å². The molecule has 0 fully saturated rings. The van der Waals surface area contributed by atoms with E-state index in [4.69, 9.17) is 5.11 Å². The zero-order valence-corrected chi connectivity index (χ0v) is 10.5. The first-order valence-corrected chi connectivity index (χ1v) is 5.99. The molecule has 0 radical (unpaired) electrons. The molecule has 0 heterocycles. The highest BCUT2D eigenvalue weighted by atomic mass is 16.4. The van der Waals surface area contributed by atoms with Gasteiger partial charge < -0.3 is 5.11 Å². The van der Waals surface area contributed by atoms with Crippen LogP contribution < -0.4 is 0 Å². The van der Waals surface area contributed by atoms with E-state index < -0.39 is 5.97 Å². The summed E-state index contributed by atoms with van der Waals surface area (Å²) >= 11 is 0. The van der Waals surface area contributed by atoms with Gasteiger partial charge in [0.1, 0.15) is 0 Å². The normalized spacial score (nSPS) is 15.3. The predicted molar refractivity (Wildman–Crippen MR) is 63.0 cm³/mol. The van der Waals surface area contributed by atoms with Crippen LogP contribution in [0.4, 0.5) is 0 Å². The number of rotatable bonds is 8. The van der Waals surface area contributed by atoms with E-state index in [0.717, 1.165) is 25.8 Å². The number of hydrogen-bond acceptors (Lipinski definition) is 2. The second-order valence-corrected chi connectivity index (χ2v) is 4.35. The number of nitrogens with zero attached hydrogens (tertiary/aromatic N) is 1. The van der Waals surface area contributed by atoms with Gasteiger partial charge in [-0.2, -0.15) is 0 Å². The molecule has 0 aromatic rings. The summed E-state index contributed by atoms with van der Waals surface area (Å²) < 4.78 is 0. The number of unbranched alkanes of at least 4 members (excludes halogenated alkanes) is 1. The van der Waals surface area contributed by atoms with Crippen LogP contribution in [0.2, 0.25) is 0 Å². The third kappa shape index (κ3) is 5.78. The maximum absolute atomic E-state index is 10.8. The molecule has 15 heavy (non-hydrogen) atoms. The lowest BCUT2D eigenvalue weighted by molar-refractivity contribution is -0.141. The molecule has 3 nitrogen and oxygen atoms in total. The van der Waals surface area contributed by atoms with Gasteiger partial charge in [-0.3, -0.25) is 9.69 Å². The summed E-state index contributed by atoms with van der Waals surface area (Å²) in [5.41, 5.74) is 0. The van der Waals surface area contributed by atoms with Crippen molar-refractivity contribution in [3.63, 3.8) is 0 Å². The van der Waals surface area contributed by atoms with Crippen molar-refractivity contribution in [2.75, 3.05) is 13.1 Å². The van der Waals surface area contributed by atoms with Crippen molar-refractivity contribution < 1.29 is 9.90 Å². The van der Waals surface area contributed by atoms with Gasteiger partial charge in [0, 0.05) is 12.6 Å². The quantitative estimate of drug-likeness (QED) is 0.676. The average molecular weight is 215 g/mol. The molecule has 1 N–H and O–H groups in total. The topological polar surface area (TPSA) is 40.5 Å². The smallest absolute Gasteiger partial charge is 0.307 e. The lowest BCUT2D eigenvalue weighted by atomic mass is 10.1. The van der Waals surface area contributed by atoms with Crippen LogP contribution in [0.25, 0.3) is 0 Å². The van der Waals surface area contributed by atoms with E-state index in [-0.39, 0.29) is 5.92 Å². The minimum absolute atomic E-state index is 0.268. The van der Waals surface area contributed by atoms with Crippen molar-refractivity contribution in [1.82, 2.24) is 4.90 Å². The number of carbonyl (C=O) groups is 1. The van der Waals surface area contributed by atoms with Crippen molar-refractivity contribution in [2.45, 2.75) is 53.0 Å². The predicted octanol–water partition coefficient (Wildman–Crippen LogP) is 2.61. The highest BCUT2D eigenvalue weighted by molar-refractivity contribution is 5.69. The SMILES string of the molecule is CCCCN(CC(C)C(=O)O)C(C)CC. The fraction of sp³-hybridized carbons (Fsp3) is 0.917. The molecule has 0 saturated carbocycles. The fourth-order valence-corrected chi connectivity index (χ4v) is 1.54. The first-order valence-electron chi connectivity index (χ1n) is 5.99.